The fourth-order valence-corrected chi connectivity index (χ4v) is 0.781. The van der Waals surface area contributed by atoms with E-state index in [2.05, 4.69) is 0 Å². The molecule has 1 nitrogen and oxygen atoms in total. The van der Waals surface area contributed by atoms with E-state index in [4.69, 9.17) is 13.0 Å². The van der Waals surface area contributed by atoms with Gasteiger partial charge in [0.05, 0.1) is 5.56 Å². The van der Waals surface area contributed by atoms with Crippen molar-refractivity contribution in [3.8, 4) is 5.75 Å². The van der Waals surface area contributed by atoms with E-state index in [0.29, 0.717) is 6.07 Å². The molecule has 0 amide bonds. The van der Waals surface area contributed by atoms with E-state index in [9.17, 15) is 13.2 Å². The minimum absolute atomic E-state index is 0.0277. The third-order valence-electron chi connectivity index (χ3n) is 1.33. The van der Waals surface area contributed by atoms with Crippen LogP contribution in [0.4, 0.5) is 13.2 Å². The van der Waals surface area contributed by atoms with Crippen LogP contribution in [0.25, 0.3) is 0 Å². The molecule has 12 heavy (non-hydrogen) atoms. The zero-order valence-corrected chi connectivity index (χ0v) is 5.89. The quantitative estimate of drug-likeness (QED) is 0.583. The Morgan fingerprint density at radius 1 is 1.25 bits per heavy atom. The third-order valence-corrected chi connectivity index (χ3v) is 1.33. The Bertz CT molecular complexity index is 295. The number of hydrogen-bond donors (Lipinski definition) is 1. The first-order valence-electron chi connectivity index (χ1n) is 3.07. The maximum Gasteiger partial charge on any atom is 0.419 e. The second kappa shape index (κ2) is 2.73. The maximum atomic E-state index is 12.0. The normalized spacial score (nSPS) is 11.6. The lowest BCUT2D eigenvalue weighted by molar-refractivity contribution is -0.138. The molecule has 0 aliphatic rings. The fraction of sp³-hybridized carbons (Fsp3) is 0.143. The average molecular weight is 172 g/mol. The van der Waals surface area contributed by atoms with E-state index in [1.165, 1.54) is 6.07 Å². The van der Waals surface area contributed by atoms with E-state index in [-0.39, 0.29) is 5.46 Å². The molecule has 0 aliphatic carbocycles. The van der Waals surface area contributed by atoms with Gasteiger partial charge in [0.1, 0.15) is 13.6 Å². The molecule has 0 atom stereocenters. The topological polar surface area (TPSA) is 20.2 Å². The minimum atomic E-state index is -4.56. The summed E-state index contributed by atoms with van der Waals surface area (Å²) in [7, 11) is 5.11. The number of alkyl halides is 3. The lowest BCUT2D eigenvalue weighted by Gasteiger charge is -2.08. The van der Waals surface area contributed by atoms with Gasteiger partial charge in [-0.05, 0) is 6.07 Å². The molecule has 1 aromatic carbocycles. The predicted octanol–water partition coefficient (Wildman–Crippen LogP) is 1.20. The van der Waals surface area contributed by atoms with E-state index < -0.39 is 17.5 Å². The van der Waals surface area contributed by atoms with Crippen molar-refractivity contribution >= 4 is 13.3 Å². The zero-order valence-electron chi connectivity index (χ0n) is 5.89. The smallest absolute Gasteiger partial charge is 0.419 e. The van der Waals surface area contributed by atoms with Crippen molar-refractivity contribution < 1.29 is 18.3 Å². The molecule has 0 aliphatic heterocycles. The molecule has 0 spiro atoms. The number of benzene rings is 1. The van der Waals surface area contributed by atoms with Gasteiger partial charge in [-0.25, -0.2) is 0 Å². The molecule has 62 valence electrons. The Kier molecular flexibility index (Phi) is 2.04. The molecular weight excluding hydrogens is 168 g/mol. The summed E-state index contributed by atoms with van der Waals surface area (Å²) in [6.45, 7) is 0. The van der Waals surface area contributed by atoms with Gasteiger partial charge in [-0.1, -0.05) is 17.6 Å². The van der Waals surface area contributed by atoms with Crippen LogP contribution in [-0.4, -0.2) is 13.0 Å². The van der Waals surface area contributed by atoms with Gasteiger partial charge in [0.2, 0.25) is 0 Å². The van der Waals surface area contributed by atoms with Gasteiger partial charge in [-0.3, -0.25) is 0 Å². The third kappa shape index (κ3) is 1.72. The van der Waals surface area contributed by atoms with Crippen molar-refractivity contribution in [2.75, 3.05) is 0 Å². The monoisotopic (exact) mass is 172 g/mol. The van der Waals surface area contributed by atoms with Crippen LogP contribution in [0.1, 0.15) is 5.56 Å². The summed E-state index contributed by atoms with van der Waals surface area (Å²) >= 11 is 0. The van der Waals surface area contributed by atoms with Crippen LogP contribution in [0.3, 0.4) is 0 Å². The van der Waals surface area contributed by atoms with Crippen molar-refractivity contribution in [1.82, 2.24) is 0 Å². The molecular formula is C7H4BF3O. The second-order valence-corrected chi connectivity index (χ2v) is 2.27. The molecule has 0 saturated carbocycles. The number of halogens is 3. The highest BCUT2D eigenvalue weighted by atomic mass is 19.4. The van der Waals surface area contributed by atoms with Crippen molar-refractivity contribution in [1.29, 1.82) is 0 Å². The first-order valence-corrected chi connectivity index (χ1v) is 3.07. The molecule has 2 radical (unpaired) electrons. The highest BCUT2D eigenvalue weighted by Gasteiger charge is 2.33. The Balaban J connectivity index is 3.23. The first kappa shape index (κ1) is 8.97. The van der Waals surface area contributed by atoms with Crippen LogP contribution < -0.4 is 5.46 Å². The lowest BCUT2D eigenvalue weighted by Crippen LogP contribution is -2.11. The first-order chi connectivity index (χ1) is 5.41. The standard InChI is InChI=1S/C7H4BF3O/c8-4-1-2-6(12)5(3-4)7(9,10)11/h1-3,12H. The van der Waals surface area contributed by atoms with Crippen LogP contribution in [0.5, 0.6) is 5.75 Å². The molecule has 1 rings (SSSR count). The number of phenolic OH excluding ortho intramolecular Hbond substituents is 1. The van der Waals surface area contributed by atoms with Crippen LogP contribution in [-0.2, 0) is 6.18 Å². The Hall–Kier alpha value is -1.13. The van der Waals surface area contributed by atoms with Gasteiger partial charge in [-0.15, -0.1) is 0 Å². The van der Waals surface area contributed by atoms with E-state index >= 15 is 0 Å². The van der Waals surface area contributed by atoms with E-state index in [1.807, 2.05) is 0 Å². The van der Waals surface area contributed by atoms with Crippen LogP contribution >= 0.6 is 0 Å². The van der Waals surface area contributed by atoms with Gasteiger partial charge >= 0.3 is 6.18 Å². The van der Waals surface area contributed by atoms with E-state index in [1.54, 1.807) is 0 Å². The van der Waals surface area contributed by atoms with Crippen LogP contribution in [0, 0.1) is 0 Å². The highest BCUT2D eigenvalue weighted by molar-refractivity contribution is 6.32. The van der Waals surface area contributed by atoms with Crippen molar-refractivity contribution in [2.24, 2.45) is 0 Å². The van der Waals surface area contributed by atoms with Crippen LogP contribution in [0.2, 0.25) is 0 Å². The van der Waals surface area contributed by atoms with Gasteiger partial charge in [0.15, 0.2) is 0 Å². The van der Waals surface area contributed by atoms with Gasteiger partial charge in [-0.2, -0.15) is 13.2 Å². The van der Waals surface area contributed by atoms with Crippen LogP contribution in [0.15, 0.2) is 18.2 Å². The summed E-state index contributed by atoms with van der Waals surface area (Å²) < 4.78 is 36.0. The molecule has 0 aromatic heterocycles. The summed E-state index contributed by atoms with van der Waals surface area (Å²) in [5.41, 5.74) is -1.14. The average Bonchev–Trinajstić information content (AvgIpc) is 1.92. The minimum Gasteiger partial charge on any atom is -0.507 e. The molecule has 0 saturated heterocycles. The van der Waals surface area contributed by atoms with Crippen molar-refractivity contribution in [3.05, 3.63) is 23.8 Å². The zero-order chi connectivity index (χ0) is 9.35. The van der Waals surface area contributed by atoms with Crippen molar-refractivity contribution in [2.45, 2.75) is 6.18 Å². The maximum absolute atomic E-state index is 12.0. The molecule has 0 heterocycles. The molecule has 0 fully saturated rings. The SMILES string of the molecule is [B]c1ccc(O)c(C(F)(F)F)c1. The Morgan fingerprint density at radius 2 is 1.83 bits per heavy atom. The number of rotatable bonds is 0. The summed E-state index contributed by atoms with van der Waals surface area (Å²) in [5, 5.41) is 8.80. The molecule has 0 bridgehead atoms. The molecule has 0 unspecified atom stereocenters. The Labute approximate surface area is 68.2 Å². The highest BCUT2D eigenvalue weighted by Crippen LogP contribution is 2.34. The van der Waals surface area contributed by atoms with Gasteiger partial charge in [0.25, 0.3) is 0 Å². The number of phenols is 1. The lowest BCUT2D eigenvalue weighted by atomic mass is 9.94. The van der Waals surface area contributed by atoms with Gasteiger partial charge < -0.3 is 5.11 Å². The largest absolute Gasteiger partial charge is 0.507 e. The van der Waals surface area contributed by atoms with Crippen molar-refractivity contribution in [3.63, 3.8) is 0 Å². The second-order valence-electron chi connectivity index (χ2n) is 2.27. The molecule has 1 aromatic rings. The molecule has 1 N–H and O–H groups in total. The summed E-state index contributed by atoms with van der Waals surface area (Å²) in [4.78, 5) is 0. The predicted molar refractivity (Wildman–Crippen MR) is 38.5 cm³/mol. The summed E-state index contributed by atoms with van der Waals surface area (Å²) in [6, 6.07) is 2.80. The Morgan fingerprint density at radius 3 is 2.25 bits per heavy atom. The van der Waals surface area contributed by atoms with E-state index in [0.717, 1.165) is 6.07 Å². The summed E-state index contributed by atoms with van der Waals surface area (Å²) in [5.74, 6) is -0.809. The van der Waals surface area contributed by atoms with Gasteiger partial charge in [0, 0.05) is 0 Å². The summed E-state index contributed by atoms with van der Waals surface area (Å²) in [6.07, 6.45) is -4.56. The molecule has 5 heteroatoms. The fourth-order valence-electron chi connectivity index (χ4n) is 0.781. The number of aromatic hydroxyl groups is 1. The number of hydrogen-bond acceptors (Lipinski definition) is 1.